The lowest BCUT2D eigenvalue weighted by molar-refractivity contribution is -0.130. The van der Waals surface area contributed by atoms with Crippen molar-refractivity contribution in [2.75, 3.05) is 6.54 Å². The van der Waals surface area contributed by atoms with E-state index in [1.807, 2.05) is 35.2 Å². The SMILES string of the molecule is Cc1ccc(C(NC(=O)C2CC(=O)N(C3CCCC3)C2)c2ccccc2)cc1. The van der Waals surface area contributed by atoms with Gasteiger partial charge in [0.2, 0.25) is 11.8 Å². The van der Waals surface area contributed by atoms with Crippen molar-refractivity contribution in [3.63, 3.8) is 0 Å². The van der Waals surface area contributed by atoms with Crippen molar-refractivity contribution in [2.45, 2.75) is 51.1 Å². The number of rotatable bonds is 5. The van der Waals surface area contributed by atoms with Crippen molar-refractivity contribution in [2.24, 2.45) is 5.92 Å². The number of hydrogen-bond acceptors (Lipinski definition) is 2. The molecule has 1 saturated carbocycles. The Balaban J connectivity index is 1.51. The molecule has 0 radical (unpaired) electrons. The van der Waals surface area contributed by atoms with Gasteiger partial charge in [-0.1, -0.05) is 73.0 Å². The highest BCUT2D eigenvalue weighted by Gasteiger charge is 2.39. The average Bonchev–Trinajstić information content (AvgIpc) is 3.37. The molecular formula is C24H28N2O2. The smallest absolute Gasteiger partial charge is 0.226 e. The Bertz CT molecular complexity index is 825. The monoisotopic (exact) mass is 376 g/mol. The standard InChI is InChI=1S/C24H28N2O2/c1-17-11-13-19(14-12-17)23(18-7-3-2-4-8-18)25-24(28)20-15-22(27)26(16-20)21-9-5-6-10-21/h2-4,7-8,11-14,20-21,23H,5-6,9-10,15-16H2,1H3,(H,25,28). The lowest BCUT2D eigenvalue weighted by Gasteiger charge is -2.25. The summed E-state index contributed by atoms with van der Waals surface area (Å²) >= 11 is 0. The maximum absolute atomic E-state index is 13.1. The maximum atomic E-state index is 13.1. The first-order chi connectivity index (χ1) is 13.6. The summed E-state index contributed by atoms with van der Waals surface area (Å²) in [6.45, 7) is 2.62. The van der Waals surface area contributed by atoms with E-state index in [0.717, 1.165) is 24.0 Å². The van der Waals surface area contributed by atoms with Gasteiger partial charge in [-0.25, -0.2) is 0 Å². The first-order valence-electron chi connectivity index (χ1n) is 10.3. The van der Waals surface area contributed by atoms with Crippen LogP contribution in [0, 0.1) is 12.8 Å². The van der Waals surface area contributed by atoms with E-state index in [-0.39, 0.29) is 23.8 Å². The number of benzene rings is 2. The molecule has 2 aliphatic rings. The van der Waals surface area contributed by atoms with Crippen molar-refractivity contribution in [1.82, 2.24) is 10.2 Å². The van der Waals surface area contributed by atoms with E-state index in [4.69, 9.17) is 0 Å². The van der Waals surface area contributed by atoms with E-state index in [2.05, 4.69) is 36.5 Å². The molecule has 28 heavy (non-hydrogen) atoms. The zero-order chi connectivity index (χ0) is 19.5. The van der Waals surface area contributed by atoms with E-state index in [9.17, 15) is 9.59 Å². The first kappa shape index (κ1) is 18.7. The molecule has 2 aromatic rings. The second-order valence-electron chi connectivity index (χ2n) is 8.15. The summed E-state index contributed by atoms with van der Waals surface area (Å²) in [5, 5.41) is 3.22. The topological polar surface area (TPSA) is 49.4 Å². The van der Waals surface area contributed by atoms with Crippen molar-refractivity contribution in [1.29, 1.82) is 0 Å². The fourth-order valence-corrected chi connectivity index (χ4v) is 4.50. The molecular weight excluding hydrogens is 348 g/mol. The highest BCUT2D eigenvalue weighted by molar-refractivity contribution is 5.89. The van der Waals surface area contributed by atoms with Gasteiger partial charge in [-0.3, -0.25) is 9.59 Å². The van der Waals surface area contributed by atoms with Crippen LogP contribution in [0.15, 0.2) is 54.6 Å². The fourth-order valence-electron chi connectivity index (χ4n) is 4.50. The predicted octanol–water partition coefficient (Wildman–Crippen LogP) is 3.99. The van der Waals surface area contributed by atoms with Crippen LogP contribution in [-0.4, -0.2) is 29.3 Å². The molecule has 4 rings (SSSR count). The molecule has 0 spiro atoms. The zero-order valence-electron chi connectivity index (χ0n) is 16.4. The number of nitrogens with zero attached hydrogens (tertiary/aromatic N) is 1. The normalized spacial score (nSPS) is 21.1. The molecule has 4 nitrogen and oxygen atoms in total. The van der Waals surface area contributed by atoms with Gasteiger partial charge in [-0.05, 0) is 30.9 Å². The minimum Gasteiger partial charge on any atom is -0.345 e. The Hall–Kier alpha value is -2.62. The number of carbonyl (C=O) groups is 2. The van der Waals surface area contributed by atoms with Gasteiger partial charge in [0, 0.05) is 19.0 Å². The molecule has 0 aromatic heterocycles. The average molecular weight is 377 g/mol. The van der Waals surface area contributed by atoms with Crippen LogP contribution in [-0.2, 0) is 9.59 Å². The van der Waals surface area contributed by atoms with E-state index in [0.29, 0.717) is 19.0 Å². The largest absolute Gasteiger partial charge is 0.345 e. The Morgan fingerprint density at radius 2 is 1.64 bits per heavy atom. The number of hydrogen-bond donors (Lipinski definition) is 1. The molecule has 0 bridgehead atoms. The molecule has 1 aliphatic carbocycles. The fraction of sp³-hybridized carbons (Fsp3) is 0.417. The van der Waals surface area contributed by atoms with Crippen LogP contribution in [0.4, 0.5) is 0 Å². The van der Waals surface area contributed by atoms with Gasteiger partial charge in [0.1, 0.15) is 0 Å². The van der Waals surface area contributed by atoms with Gasteiger partial charge in [0.15, 0.2) is 0 Å². The molecule has 2 unspecified atom stereocenters. The molecule has 1 heterocycles. The third kappa shape index (κ3) is 3.96. The van der Waals surface area contributed by atoms with E-state index < -0.39 is 0 Å². The molecule has 146 valence electrons. The number of amides is 2. The summed E-state index contributed by atoms with van der Waals surface area (Å²) < 4.78 is 0. The van der Waals surface area contributed by atoms with Crippen molar-refractivity contribution >= 4 is 11.8 Å². The minimum atomic E-state index is -0.259. The molecule has 1 aliphatic heterocycles. The molecule has 2 amide bonds. The van der Waals surface area contributed by atoms with E-state index in [1.54, 1.807) is 0 Å². The third-order valence-corrected chi connectivity index (χ3v) is 6.12. The van der Waals surface area contributed by atoms with Crippen LogP contribution in [0.1, 0.15) is 54.8 Å². The lowest BCUT2D eigenvalue weighted by atomic mass is 9.96. The second kappa shape index (κ2) is 8.17. The Labute approximate surface area is 166 Å². The summed E-state index contributed by atoms with van der Waals surface area (Å²) in [7, 11) is 0. The van der Waals surface area contributed by atoms with Crippen LogP contribution in [0.5, 0.6) is 0 Å². The second-order valence-corrected chi connectivity index (χ2v) is 8.15. The van der Waals surface area contributed by atoms with Gasteiger partial charge in [-0.15, -0.1) is 0 Å². The molecule has 2 atom stereocenters. The van der Waals surface area contributed by atoms with E-state index >= 15 is 0 Å². The van der Waals surface area contributed by atoms with Gasteiger partial charge < -0.3 is 10.2 Å². The van der Waals surface area contributed by atoms with Crippen molar-refractivity contribution in [3.05, 3.63) is 71.3 Å². The highest BCUT2D eigenvalue weighted by atomic mass is 16.2. The number of aryl methyl sites for hydroxylation is 1. The number of nitrogens with one attached hydrogen (secondary N) is 1. The van der Waals surface area contributed by atoms with Crippen molar-refractivity contribution in [3.8, 4) is 0 Å². The number of likely N-dealkylation sites (tertiary alicyclic amines) is 1. The Morgan fingerprint density at radius 1 is 1.00 bits per heavy atom. The molecule has 2 aromatic carbocycles. The summed E-state index contributed by atoms with van der Waals surface area (Å²) in [6, 6.07) is 18.4. The van der Waals surface area contributed by atoms with Gasteiger partial charge >= 0.3 is 0 Å². The Kier molecular flexibility index (Phi) is 5.47. The van der Waals surface area contributed by atoms with Gasteiger partial charge in [-0.2, -0.15) is 0 Å². The zero-order valence-corrected chi connectivity index (χ0v) is 16.4. The summed E-state index contributed by atoms with van der Waals surface area (Å²) in [5.41, 5.74) is 3.30. The molecule has 1 N–H and O–H groups in total. The van der Waals surface area contributed by atoms with Crippen LogP contribution < -0.4 is 5.32 Å². The van der Waals surface area contributed by atoms with Gasteiger partial charge in [0.05, 0.1) is 12.0 Å². The van der Waals surface area contributed by atoms with E-state index in [1.165, 1.54) is 18.4 Å². The van der Waals surface area contributed by atoms with Crippen LogP contribution in [0.3, 0.4) is 0 Å². The molecule has 4 heteroatoms. The Morgan fingerprint density at radius 3 is 2.32 bits per heavy atom. The highest BCUT2D eigenvalue weighted by Crippen LogP contribution is 2.30. The van der Waals surface area contributed by atoms with Crippen LogP contribution in [0.2, 0.25) is 0 Å². The van der Waals surface area contributed by atoms with Crippen LogP contribution >= 0.6 is 0 Å². The first-order valence-corrected chi connectivity index (χ1v) is 10.3. The third-order valence-electron chi connectivity index (χ3n) is 6.12. The molecule has 2 fully saturated rings. The maximum Gasteiger partial charge on any atom is 0.226 e. The molecule has 1 saturated heterocycles. The minimum absolute atomic E-state index is 0.0247. The predicted molar refractivity (Wildman–Crippen MR) is 110 cm³/mol. The lowest BCUT2D eigenvalue weighted by Crippen LogP contribution is -2.38. The van der Waals surface area contributed by atoms with Crippen molar-refractivity contribution < 1.29 is 9.59 Å². The summed E-state index contributed by atoms with van der Waals surface area (Å²) in [5.74, 6) is -0.147. The summed E-state index contributed by atoms with van der Waals surface area (Å²) in [6.07, 6.45) is 4.87. The van der Waals surface area contributed by atoms with Crippen LogP contribution in [0.25, 0.3) is 0 Å². The van der Waals surface area contributed by atoms with Gasteiger partial charge in [0.25, 0.3) is 0 Å². The summed E-state index contributed by atoms with van der Waals surface area (Å²) in [4.78, 5) is 27.5. The number of carbonyl (C=O) groups excluding carboxylic acids is 2. The quantitative estimate of drug-likeness (QED) is 0.858.